The van der Waals surface area contributed by atoms with Crippen LogP contribution in [0, 0.1) is 0 Å². The van der Waals surface area contributed by atoms with Crippen LogP contribution in [-0.4, -0.2) is 23.8 Å². The van der Waals surface area contributed by atoms with E-state index in [1.165, 1.54) is 18.2 Å². The quantitative estimate of drug-likeness (QED) is 0.832. The molecule has 88 valence electrons. The van der Waals surface area contributed by atoms with Crippen molar-refractivity contribution in [3.63, 3.8) is 0 Å². The molecule has 6 heteroatoms. The Bertz CT molecular complexity index is 377. The number of carboxylic acids is 1. The summed E-state index contributed by atoms with van der Waals surface area (Å²) in [6.07, 6.45) is -4.94. The molecule has 1 aromatic carbocycles. The van der Waals surface area contributed by atoms with Gasteiger partial charge in [-0.25, -0.2) is 0 Å². The fourth-order valence-electron chi connectivity index (χ4n) is 1.45. The van der Waals surface area contributed by atoms with Crippen LogP contribution in [0.25, 0.3) is 0 Å². The van der Waals surface area contributed by atoms with E-state index in [-0.39, 0.29) is 5.56 Å². The summed E-state index contributed by atoms with van der Waals surface area (Å²) in [6.45, 7) is -1.03. The van der Waals surface area contributed by atoms with E-state index in [1.54, 1.807) is 0 Å². The molecule has 0 heterocycles. The van der Waals surface area contributed by atoms with E-state index in [9.17, 15) is 18.0 Å². The summed E-state index contributed by atoms with van der Waals surface area (Å²) in [5.74, 6) is -1.99. The topological polar surface area (TPSA) is 63.3 Å². The maximum absolute atomic E-state index is 12.9. The van der Waals surface area contributed by atoms with Gasteiger partial charge in [0.05, 0.1) is 0 Å². The van der Waals surface area contributed by atoms with Crippen LogP contribution in [0.4, 0.5) is 13.2 Å². The van der Waals surface area contributed by atoms with E-state index < -0.39 is 24.1 Å². The van der Waals surface area contributed by atoms with Gasteiger partial charge in [-0.1, -0.05) is 30.3 Å². The number of aliphatic carboxylic acids is 1. The van der Waals surface area contributed by atoms with E-state index >= 15 is 0 Å². The van der Waals surface area contributed by atoms with Gasteiger partial charge in [0.1, 0.15) is 0 Å². The van der Waals surface area contributed by atoms with Crippen LogP contribution in [0.5, 0.6) is 0 Å². The summed E-state index contributed by atoms with van der Waals surface area (Å²) in [7, 11) is 0. The number of nitrogens with two attached hydrogens (primary N) is 1. The van der Waals surface area contributed by atoms with Crippen molar-refractivity contribution in [3.8, 4) is 0 Å². The lowest BCUT2D eigenvalue weighted by atomic mass is 9.80. The van der Waals surface area contributed by atoms with Gasteiger partial charge in [0.25, 0.3) is 0 Å². The summed E-state index contributed by atoms with van der Waals surface area (Å²) in [5, 5.41) is 8.81. The molecule has 0 spiro atoms. The highest BCUT2D eigenvalue weighted by Crippen LogP contribution is 2.40. The lowest BCUT2D eigenvalue weighted by Crippen LogP contribution is -2.54. The number of hydrogen-bond acceptors (Lipinski definition) is 2. The third-order valence-corrected chi connectivity index (χ3v) is 2.42. The lowest BCUT2D eigenvalue weighted by Gasteiger charge is -2.30. The molecule has 3 N–H and O–H groups in total. The van der Waals surface area contributed by atoms with Crippen molar-refractivity contribution in [2.24, 2.45) is 5.73 Å². The van der Waals surface area contributed by atoms with Crippen LogP contribution in [0.15, 0.2) is 30.3 Å². The van der Waals surface area contributed by atoms with Gasteiger partial charge in [0, 0.05) is 6.54 Å². The number of carbonyl (C=O) groups is 1. The minimum Gasteiger partial charge on any atom is -0.480 e. The molecule has 0 aliphatic carbocycles. The normalized spacial score (nSPS) is 15.5. The molecule has 0 radical (unpaired) electrons. The molecule has 0 saturated carbocycles. The predicted molar refractivity (Wildman–Crippen MR) is 50.9 cm³/mol. The summed E-state index contributed by atoms with van der Waals surface area (Å²) < 4.78 is 38.6. The van der Waals surface area contributed by atoms with Crippen molar-refractivity contribution in [1.29, 1.82) is 0 Å². The smallest absolute Gasteiger partial charge is 0.410 e. The molecule has 0 aliphatic rings. The Balaban J connectivity index is 3.42. The molecule has 1 atom stereocenters. The zero-order valence-electron chi connectivity index (χ0n) is 8.16. The van der Waals surface area contributed by atoms with Gasteiger partial charge in [0.15, 0.2) is 5.41 Å². The molecule has 16 heavy (non-hydrogen) atoms. The second-order valence-electron chi connectivity index (χ2n) is 3.28. The standard InChI is InChI=1S/C10H10F3NO2/c11-10(12,13)9(6-14,8(15)16)7-4-2-1-3-5-7/h1-5H,6,14H2,(H,15,16). The van der Waals surface area contributed by atoms with Gasteiger partial charge in [-0.05, 0) is 5.56 Å². The molecule has 0 aliphatic heterocycles. The highest BCUT2D eigenvalue weighted by Gasteiger charge is 2.61. The van der Waals surface area contributed by atoms with Crippen molar-refractivity contribution >= 4 is 5.97 Å². The van der Waals surface area contributed by atoms with Crippen LogP contribution in [0.3, 0.4) is 0 Å². The van der Waals surface area contributed by atoms with Gasteiger partial charge < -0.3 is 10.8 Å². The van der Waals surface area contributed by atoms with Crippen molar-refractivity contribution in [2.75, 3.05) is 6.54 Å². The van der Waals surface area contributed by atoms with E-state index in [4.69, 9.17) is 10.8 Å². The largest absolute Gasteiger partial charge is 0.480 e. The number of benzene rings is 1. The van der Waals surface area contributed by atoms with E-state index in [2.05, 4.69) is 0 Å². The van der Waals surface area contributed by atoms with Crippen molar-refractivity contribution < 1.29 is 23.1 Å². The van der Waals surface area contributed by atoms with E-state index in [1.807, 2.05) is 0 Å². The molecule has 1 aromatic rings. The number of alkyl halides is 3. The summed E-state index contributed by atoms with van der Waals surface area (Å²) in [5.41, 5.74) is 1.63. The van der Waals surface area contributed by atoms with Crippen LogP contribution in [0.1, 0.15) is 5.56 Å². The summed E-state index contributed by atoms with van der Waals surface area (Å²) >= 11 is 0. The van der Waals surface area contributed by atoms with Crippen LogP contribution >= 0.6 is 0 Å². The van der Waals surface area contributed by atoms with Crippen molar-refractivity contribution in [3.05, 3.63) is 35.9 Å². The lowest BCUT2D eigenvalue weighted by molar-refractivity contribution is -0.203. The van der Waals surface area contributed by atoms with Gasteiger partial charge in [-0.3, -0.25) is 4.79 Å². The average molecular weight is 233 g/mol. The Kier molecular flexibility index (Phi) is 3.23. The second kappa shape index (κ2) is 4.13. The maximum atomic E-state index is 12.9. The van der Waals surface area contributed by atoms with Gasteiger partial charge in [0.2, 0.25) is 0 Å². The minimum absolute atomic E-state index is 0.363. The number of halogens is 3. The Hall–Kier alpha value is -1.56. The van der Waals surface area contributed by atoms with Gasteiger partial charge in [-0.2, -0.15) is 13.2 Å². The summed E-state index contributed by atoms with van der Waals surface area (Å²) in [6, 6.07) is 6.40. The third kappa shape index (κ3) is 1.76. The number of rotatable bonds is 3. The molecule has 1 rings (SSSR count). The van der Waals surface area contributed by atoms with Crippen LogP contribution < -0.4 is 5.73 Å². The third-order valence-electron chi connectivity index (χ3n) is 2.42. The SMILES string of the molecule is NCC(C(=O)O)(c1ccccc1)C(F)(F)F. The monoisotopic (exact) mass is 233 g/mol. The number of carboxylic acid groups (broad SMARTS) is 1. The second-order valence-corrected chi connectivity index (χ2v) is 3.28. The molecular formula is C10H10F3NO2. The zero-order chi connectivity index (χ0) is 12.4. The Morgan fingerprint density at radius 2 is 1.75 bits per heavy atom. The van der Waals surface area contributed by atoms with Crippen molar-refractivity contribution in [1.82, 2.24) is 0 Å². The molecule has 0 fully saturated rings. The molecule has 0 bridgehead atoms. The van der Waals surface area contributed by atoms with E-state index in [0.717, 1.165) is 12.1 Å². The zero-order valence-corrected chi connectivity index (χ0v) is 8.16. The average Bonchev–Trinajstić information content (AvgIpc) is 2.18. The first kappa shape index (κ1) is 12.5. The first-order chi connectivity index (χ1) is 7.36. The van der Waals surface area contributed by atoms with Gasteiger partial charge >= 0.3 is 12.1 Å². The molecule has 3 nitrogen and oxygen atoms in total. The first-order valence-corrected chi connectivity index (χ1v) is 4.42. The molecule has 1 unspecified atom stereocenters. The highest BCUT2D eigenvalue weighted by molar-refractivity contribution is 5.83. The Morgan fingerprint density at radius 3 is 2.06 bits per heavy atom. The molecule has 0 saturated heterocycles. The highest BCUT2D eigenvalue weighted by atomic mass is 19.4. The minimum atomic E-state index is -4.94. The van der Waals surface area contributed by atoms with Crippen LogP contribution in [-0.2, 0) is 10.2 Å². The molecule has 0 aromatic heterocycles. The van der Waals surface area contributed by atoms with E-state index in [0.29, 0.717) is 0 Å². The number of hydrogen-bond donors (Lipinski definition) is 2. The Labute approximate surface area is 89.7 Å². The molecular weight excluding hydrogens is 223 g/mol. The maximum Gasteiger partial charge on any atom is 0.410 e. The predicted octanol–water partition coefficient (Wildman–Crippen LogP) is 1.53. The first-order valence-electron chi connectivity index (χ1n) is 4.42. The molecule has 0 amide bonds. The van der Waals surface area contributed by atoms with Crippen LogP contribution in [0.2, 0.25) is 0 Å². The Morgan fingerprint density at radius 1 is 1.25 bits per heavy atom. The fourth-order valence-corrected chi connectivity index (χ4v) is 1.45. The summed E-state index contributed by atoms with van der Waals surface area (Å²) in [4.78, 5) is 10.9. The van der Waals surface area contributed by atoms with Crippen molar-refractivity contribution in [2.45, 2.75) is 11.6 Å². The van der Waals surface area contributed by atoms with Gasteiger partial charge in [-0.15, -0.1) is 0 Å². The fraction of sp³-hybridized carbons (Fsp3) is 0.300.